The van der Waals surface area contributed by atoms with Gasteiger partial charge in [0.15, 0.2) is 5.96 Å². The maximum Gasteiger partial charge on any atom is 0.249 e. The second kappa shape index (κ2) is 23.6. The fourth-order valence-electron chi connectivity index (χ4n) is 7.28. The van der Waals surface area contributed by atoms with Gasteiger partial charge in [-0.25, -0.2) is 0 Å². The topological polar surface area (TPSA) is 369 Å². The van der Waals surface area contributed by atoms with Crippen LogP contribution in [-0.4, -0.2) is 168 Å². The van der Waals surface area contributed by atoms with E-state index in [1.54, 1.807) is 6.92 Å². The molecular weight excluding hydrogens is 788 g/mol. The molecule has 0 aromatic heterocycles. The average molecular weight is 849 g/mol. The molecule has 0 spiro atoms. The number of nitrogens with zero attached hydrogens (tertiary/aromatic N) is 4. The van der Waals surface area contributed by atoms with Gasteiger partial charge in [-0.2, -0.15) is 0 Å². The standard InChI is InChI=1S/C36H60N14O10/c1-3-21(31(56)47-28(53)19-42-27(52)18-43-30(55)20(2)44-26(51)16-37)45-33(58)24-10-6-14-49(24)35(60)25-11-7-15-50(25)34(59)22(8-4-12-41-36(39)40)46-32(57)23-9-5-13-48(23)29(54)17-38/h20-25H,3-19,37-38H2,1-2H3,(H,42,52)(H,43,55)(H,44,51)(H,45,58)(H,46,57)(H4,39,40,41)(H,47,53,56)/t20?,21-,22-,23-,24-,25-/m0/s1. The molecular formula is C36H60N14O10. The molecule has 6 atom stereocenters. The molecule has 24 nitrogen and oxygen atoms in total. The van der Waals surface area contributed by atoms with Gasteiger partial charge in [-0.15, -0.1) is 0 Å². The zero-order valence-electron chi connectivity index (χ0n) is 34.2. The van der Waals surface area contributed by atoms with E-state index in [4.69, 9.17) is 22.9 Å². The zero-order valence-corrected chi connectivity index (χ0v) is 34.2. The number of imide groups is 1. The largest absolute Gasteiger partial charge is 0.370 e. The summed E-state index contributed by atoms with van der Waals surface area (Å²) < 4.78 is 0. The lowest BCUT2D eigenvalue weighted by atomic mass is 10.1. The highest BCUT2D eigenvalue weighted by Crippen LogP contribution is 2.27. The van der Waals surface area contributed by atoms with Crippen molar-refractivity contribution in [2.75, 3.05) is 52.4 Å². The smallest absolute Gasteiger partial charge is 0.249 e. The van der Waals surface area contributed by atoms with Crippen LogP contribution < -0.4 is 54.8 Å². The second-order valence-corrected chi connectivity index (χ2v) is 14.7. The molecule has 334 valence electrons. The summed E-state index contributed by atoms with van der Waals surface area (Å²) in [6, 6.07) is -5.92. The quantitative estimate of drug-likeness (QED) is 0.0310. The Morgan fingerprint density at radius 1 is 0.667 bits per heavy atom. The van der Waals surface area contributed by atoms with E-state index in [2.05, 4.69) is 36.9 Å². The van der Waals surface area contributed by atoms with Crippen molar-refractivity contribution in [1.82, 2.24) is 46.6 Å². The van der Waals surface area contributed by atoms with Crippen LogP contribution in [0.3, 0.4) is 0 Å². The number of guanidine groups is 1. The lowest BCUT2D eigenvalue weighted by molar-refractivity contribution is -0.148. The van der Waals surface area contributed by atoms with Crippen LogP contribution in [0.2, 0.25) is 0 Å². The Kier molecular flexibility index (Phi) is 19.1. The van der Waals surface area contributed by atoms with Gasteiger partial charge in [-0.05, 0) is 64.7 Å². The summed E-state index contributed by atoms with van der Waals surface area (Å²) in [6.07, 6.45) is 3.05. The Morgan fingerprint density at radius 3 is 1.83 bits per heavy atom. The molecule has 60 heavy (non-hydrogen) atoms. The highest BCUT2D eigenvalue weighted by molar-refractivity contribution is 6.02. The summed E-state index contributed by atoms with van der Waals surface area (Å²) in [4.78, 5) is 137. The monoisotopic (exact) mass is 848 g/mol. The van der Waals surface area contributed by atoms with Crippen molar-refractivity contribution in [3.05, 3.63) is 0 Å². The van der Waals surface area contributed by atoms with Crippen LogP contribution in [0.4, 0.5) is 0 Å². The van der Waals surface area contributed by atoms with Crippen molar-refractivity contribution in [3.8, 4) is 0 Å². The van der Waals surface area contributed by atoms with Crippen molar-refractivity contribution in [2.24, 2.45) is 27.9 Å². The van der Waals surface area contributed by atoms with Gasteiger partial charge in [-0.1, -0.05) is 6.92 Å². The van der Waals surface area contributed by atoms with Gasteiger partial charge in [0.05, 0.1) is 26.2 Å². The zero-order chi connectivity index (χ0) is 44.5. The van der Waals surface area contributed by atoms with E-state index in [0.29, 0.717) is 45.1 Å². The summed E-state index contributed by atoms with van der Waals surface area (Å²) in [6.45, 7) is 2.22. The number of amides is 10. The summed E-state index contributed by atoms with van der Waals surface area (Å²) in [5, 5.41) is 14.4. The minimum Gasteiger partial charge on any atom is -0.370 e. The molecule has 1 unspecified atom stereocenters. The van der Waals surface area contributed by atoms with Crippen molar-refractivity contribution >= 4 is 65.0 Å². The first kappa shape index (κ1) is 48.5. The minimum atomic E-state index is -1.18. The SMILES string of the molecule is CC[C@H](NC(=O)[C@@H]1CCCN1C(=O)[C@@H]1CCCN1C(=O)[C@H](CCCN=C(N)N)NC(=O)[C@@H]1CCCN1C(=O)CN)C(=O)NC(=O)CNC(=O)CNC(=O)C(C)NC(=O)CN. The van der Waals surface area contributed by atoms with Gasteiger partial charge in [0.1, 0.15) is 36.3 Å². The Balaban J connectivity index is 1.60. The molecule has 0 radical (unpaired) electrons. The molecule has 3 rings (SSSR count). The minimum absolute atomic E-state index is 0.0724. The number of carbonyl (C=O) groups is 10. The normalized spacial score (nSPS) is 19.9. The van der Waals surface area contributed by atoms with E-state index in [1.807, 2.05) is 0 Å². The first-order chi connectivity index (χ1) is 28.5. The van der Waals surface area contributed by atoms with E-state index in [9.17, 15) is 47.9 Å². The van der Waals surface area contributed by atoms with Gasteiger partial charge >= 0.3 is 0 Å². The Labute approximate surface area is 347 Å². The molecule has 0 aromatic carbocycles. The van der Waals surface area contributed by atoms with Crippen LogP contribution in [0.15, 0.2) is 4.99 Å². The molecule has 3 fully saturated rings. The number of nitrogens with two attached hydrogens (primary N) is 4. The molecule has 14 N–H and O–H groups in total. The first-order valence-corrected chi connectivity index (χ1v) is 20.2. The summed E-state index contributed by atoms with van der Waals surface area (Å²) in [5.41, 5.74) is 21.7. The summed E-state index contributed by atoms with van der Waals surface area (Å²) in [5.74, 6) is -6.37. The number of nitrogens with one attached hydrogen (secondary N) is 6. The molecule has 3 aliphatic rings. The molecule has 0 bridgehead atoms. The number of likely N-dealkylation sites (tertiary alicyclic amines) is 3. The van der Waals surface area contributed by atoms with Crippen LogP contribution in [0, 0.1) is 0 Å². The molecule has 0 aromatic rings. The van der Waals surface area contributed by atoms with Gasteiger partial charge in [0.2, 0.25) is 59.1 Å². The number of hydrogen-bond donors (Lipinski definition) is 10. The van der Waals surface area contributed by atoms with E-state index in [-0.39, 0.29) is 63.9 Å². The van der Waals surface area contributed by atoms with Crippen LogP contribution in [0.5, 0.6) is 0 Å². The van der Waals surface area contributed by atoms with Gasteiger partial charge in [0, 0.05) is 26.2 Å². The second-order valence-electron chi connectivity index (χ2n) is 14.7. The van der Waals surface area contributed by atoms with E-state index in [0.717, 1.165) is 0 Å². The maximum absolute atomic E-state index is 14.1. The fourth-order valence-corrected chi connectivity index (χ4v) is 7.28. The highest BCUT2D eigenvalue weighted by atomic mass is 16.2. The molecule has 10 amide bonds. The fraction of sp³-hybridized carbons (Fsp3) is 0.694. The first-order valence-electron chi connectivity index (χ1n) is 20.2. The third-order valence-electron chi connectivity index (χ3n) is 10.4. The van der Waals surface area contributed by atoms with Gasteiger partial charge < -0.3 is 64.2 Å². The van der Waals surface area contributed by atoms with E-state index in [1.165, 1.54) is 21.6 Å². The molecule has 3 heterocycles. The Morgan fingerprint density at radius 2 is 1.23 bits per heavy atom. The van der Waals surface area contributed by atoms with Crippen LogP contribution >= 0.6 is 0 Å². The third kappa shape index (κ3) is 13.8. The van der Waals surface area contributed by atoms with Crippen molar-refractivity contribution in [3.63, 3.8) is 0 Å². The molecule has 3 saturated heterocycles. The van der Waals surface area contributed by atoms with Crippen molar-refractivity contribution in [2.45, 2.75) is 108 Å². The van der Waals surface area contributed by atoms with Gasteiger partial charge in [-0.3, -0.25) is 58.3 Å². The predicted molar refractivity (Wildman–Crippen MR) is 213 cm³/mol. The lowest BCUT2D eigenvalue weighted by Crippen LogP contribution is -2.58. The van der Waals surface area contributed by atoms with Crippen LogP contribution in [0.25, 0.3) is 0 Å². The van der Waals surface area contributed by atoms with Crippen LogP contribution in [-0.2, 0) is 47.9 Å². The number of carbonyl (C=O) groups excluding carboxylic acids is 10. The van der Waals surface area contributed by atoms with Crippen molar-refractivity contribution in [1.29, 1.82) is 0 Å². The van der Waals surface area contributed by atoms with E-state index < -0.39 is 103 Å². The third-order valence-corrected chi connectivity index (χ3v) is 10.4. The Bertz CT molecular complexity index is 1660. The number of hydrogen-bond acceptors (Lipinski definition) is 13. The molecule has 24 heteroatoms. The Hall–Kier alpha value is -5.91. The molecule has 3 aliphatic heterocycles. The van der Waals surface area contributed by atoms with Gasteiger partial charge in [0.25, 0.3) is 0 Å². The summed E-state index contributed by atoms with van der Waals surface area (Å²) >= 11 is 0. The van der Waals surface area contributed by atoms with E-state index >= 15 is 0 Å². The highest BCUT2D eigenvalue weighted by Gasteiger charge is 2.44. The summed E-state index contributed by atoms with van der Waals surface area (Å²) in [7, 11) is 0. The van der Waals surface area contributed by atoms with Crippen LogP contribution in [0.1, 0.15) is 71.6 Å². The lowest BCUT2D eigenvalue weighted by Gasteiger charge is -2.33. The molecule has 0 saturated carbocycles. The average Bonchev–Trinajstić information content (AvgIpc) is 4.03. The van der Waals surface area contributed by atoms with Crippen molar-refractivity contribution < 1.29 is 47.9 Å². The number of aliphatic imine (C=N–C) groups is 1. The molecule has 0 aliphatic carbocycles. The maximum atomic E-state index is 14.1. The predicted octanol–water partition coefficient (Wildman–Crippen LogP) is -6.31. The number of rotatable bonds is 20.